The fraction of sp³-hybridized carbons (Fsp3) is 0.480. The summed E-state index contributed by atoms with van der Waals surface area (Å²) in [6, 6.07) is 26.0. The van der Waals surface area contributed by atoms with Crippen molar-refractivity contribution < 1.29 is 73.0 Å². The zero-order chi connectivity index (χ0) is 49.5. The second kappa shape index (κ2) is 28.2. The van der Waals surface area contributed by atoms with Gasteiger partial charge in [-0.15, -0.1) is 0 Å². The van der Waals surface area contributed by atoms with Crippen molar-refractivity contribution in [1.82, 2.24) is 15.1 Å². The molecule has 4 heterocycles. The Morgan fingerprint density at radius 1 is 0.614 bits per heavy atom. The number of benzene rings is 4. The largest absolute Gasteiger partial charge is 0.481 e. The molecule has 1 amide bonds. The van der Waals surface area contributed by atoms with Crippen molar-refractivity contribution in [3.63, 3.8) is 0 Å². The maximum absolute atomic E-state index is 13.2. The minimum atomic E-state index is -2.91. The van der Waals surface area contributed by atoms with Crippen molar-refractivity contribution in [1.29, 1.82) is 0 Å². The molecule has 4 aromatic rings. The van der Waals surface area contributed by atoms with E-state index in [1.54, 1.807) is 24.3 Å². The average Bonchev–Trinajstić information content (AvgIpc) is 4.19. The first-order chi connectivity index (χ1) is 33.1. The van der Waals surface area contributed by atoms with E-state index >= 15 is 0 Å². The third-order valence-corrected chi connectivity index (χ3v) is 13.3. The van der Waals surface area contributed by atoms with Gasteiger partial charge in [-0.1, -0.05) is 47.5 Å². The number of alkyl halides is 4. The summed E-state index contributed by atoms with van der Waals surface area (Å²) in [7, 11) is 0. The molecule has 6 N–H and O–H groups in total. The van der Waals surface area contributed by atoms with Gasteiger partial charge in [0.2, 0.25) is 5.91 Å². The Bertz CT molecular complexity index is 2180. The number of hydrogen-bond acceptors (Lipinski definition) is 11. The van der Waals surface area contributed by atoms with Gasteiger partial charge in [0.1, 0.15) is 17.6 Å². The number of carboxylic acid groups (broad SMARTS) is 1. The summed E-state index contributed by atoms with van der Waals surface area (Å²) in [5.74, 6) is -1.11. The maximum Gasteiger partial charge on any atom is 0.387 e. The molecule has 0 bridgehead atoms. The normalized spacial score (nSPS) is 19.9. The molecule has 8 rings (SSSR count). The van der Waals surface area contributed by atoms with Gasteiger partial charge in [0.05, 0.1) is 24.0 Å². The second-order valence-corrected chi connectivity index (χ2v) is 18.6. The minimum Gasteiger partial charge on any atom is -0.481 e. The predicted octanol–water partition coefficient (Wildman–Crippen LogP) is 8.07. The predicted molar refractivity (Wildman–Crippen MR) is 259 cm³/mol. The number of halogens is 6. The number of carbonyl (C=O) groups is 2. The van der Waals surface area contributed by atoms with E-state index in [1.807, 2.05) is 48.5 Å². The standard InChI is InChI=1S/C25H30ClF2N3O3.C14H20F2N2O2.C11H12ClNO2.W/c26-19-5-7-20(8-6-19)31-14-11-18(15-31)24(33)29-22(16-30-12-1-2-13-30)23(32)17-3-9-21(10-4-17)34-25(27)28;15-14(16)20-11-5-3-10(4-6-11)13(19)12(17)9-18-7-1-2-8-18;12-9-1-3-10(4-2-9)13-6-5-8(7-13)11(14)15;/h3-10,18,22-23,25,32H,1-2,11-16H2,(H,29,33);3-6,12-14,19H,1-2,7-9,17H2;1-4,8H,5-7H2,(H,14,15);/t18-,22-,23-;12-,13-;8-;/m111./s1. The van der Waals surface area contributed by atoms with E-state index < -0.39 is 43.5 Å². The Labute approximate surface area is 431 Å². The van der Waals surface area contributed by atoms with Crippen LogP contribution in [0.25, 0.3) is 0 Å². The van der Waals surface area contributed by atoms with Crippen molar-refractivity contribution in [2.45, 2.75) is 76.0 Å². The van der Waals surface area contributed by atoms with Crippen LogP contribution < -0.4 is 30.3 Å². The summed E-state index contributed by atoms with van der Waals surface area (Å²) in [4.78, 5) is 32.7. The van der Waals surface area contributed by atoms with Crippen LogP contribution in [0, 0.1) is 11.8 Å². The molecule has 0 spiro atoms. The van der Waals surface area contributed by atoms with Gasteiger partial charge in [0.15, 0.2) is 0 Å². The molecule has 4 aliphatic rings. The number of hydrogen-bond donors (Lipinski definition) is 5. The summed E-state index contributed by atoms with van der Waals surface area (Å²) < 4.78 is 57.6. The average molecular weight is 1190 g/mol. The molecular formula is C50H62Cl2F4N6O7W. The van der Waals surface area contributed by atoms with Crippen LogP contribution in [0.3, 0.4) is 0 Å². The van der Waals surface area contributed by atoms with E-state index in [0.29, 0.717) is 47.4 Å². The first-order valence-corrected chi connectivity index (χ1v) is 24.1. The van der Waals surface area contributed by atoms with E-state index in [1.165, 1.54) is 37.1 Å². The van der Waals surface area contributed by atoms with Gasteiger partial charge in [-0.25, -0.2) is 0 Å². The number of rotatable bonds is 17. The number of nitrogens with two attached hydrogens (primary N) is 1. The Morgan fingerprint density at radius 3 is 1.43 bits per heavy atom. The van der Waals surface area contributed by atoms with Gasteiger partial charge in [0.25, 0.3) is 0 Å². The van der Waals surface area contributed by atoms with Crippen molar-refractivity contribution in [2.75, 3.05) is 75.2 Å². The number of nitrogens with zero attached hydrogens (tertiary/aromatic N) is 4. The third-order valence-electron chi connectivity index (χ3n) is 12.8. The smallest absolute Gasteiger partial charge is 0.387 e. The molecule has 6 atom stereocenters. The molecule has 0 aromatic heterocycles. The molecule has 0 saturated carbocycles. The molecular weight excluding hydrogens is 1130 g/mol. The first-order valence-electron chi connectivity index (χ1n) is 23.3. The topological polar surface area (TPSA) is 164 Å². The fourth-order valence-electron chi connectivity index (χ4n) is 9.01. The second-order valence-electron chi connectivity index (χ2n) is 17.7. The molecule has 0 aliphatic carbocycles. The number of amides is 1. The quantitative estimate of drug-likeness (QED) is 0.0648. The molecule has 382 valence electrons. The van der Waals surface area contributed by atoms with Crippen LogP contribution in [0.4, 0.5) is 28.9 Å². The van der Waals surface area contributed by atoms with Crippen LogP contribution in [0.2, 0.25) is 10.0 Å². The molecule has 4 fully saturated rings. The van der Waals surface area contributed by atoms with E-state index in [9.17, 15) is 37.4 Å². The molecule has 4 saturated heterocycles. The van der Waals surface area contributed by atoms with Gasteiger partial charge < -0.3 is 55.4 Å². The number of likely N-dealkylation sites (tertiary alicyclic amines) is 2. The molecule has 4 aromatic carbocycles. The SMILES string of the molecule is N[C@H](CN1CCCC1)[C@H](O)c1ccc(OC(F)F)cc1.O=C(N[C@H](CN1CCCC1)[C@H](O)c1ccc(OC(F)F)cc1)[C@@H]1CCN(c2ccc(Cl)cc2)C1.O=C(O)[C@@H]1CCN(c2ccc(Cl)cc2)C1.[W]. The van der Waals surface area contributed by atoms with Crippen molar-refractivity contribution in [3.05, 3.63) is 118 Å². The first kappa shape index (κ1) is 56.7. The number of carboxylic acids is 1. The zero-order valence-electron chi connectivity index (χ0n) is 38.7. The Kier molecular flexibility index (Phi) is 22.8. The summed E-state index contributed by atoms with van der Waals surface area (Å²) in [6.07, 6.45) is 4.18. The van der Waals surface area contributed by atoms with Crippen LogP contribution in [-0.2, 0) is 30.7 Å². The number of carbonyl (C=O) groups excluding carboxylic acids is 1. The molecule has 70 heavy (non-hydrogen) atoms. The number of ether oxygens (including phenoxy) is 2. The molecule has 13 nitrogen and oxygen atoms in total. The number of aliphatic hydroxyl groups is 2. The summed E-state index contributed by atoms with van der Waals surface area (Å²) in [6.45, 7) is 2.05. The van der Waals surface area contributed by atoms with E-state index in [2.05, 4.69) is 34.4 Å². The molecule has 0 unspecified atom stereocenters. The number of aliphatic carboxylic acids is 1. The van der Waals surface area contributed by atoms with Crippen LogP contribution in [0.15, 0.2) is 97.1 Å². The van der Waals surface area contributed by atoms with Crippen LogP contribution in [-0.4, -0.2) is 128 Å². The van der Waals surface area contributed by atoms with E-state index in [-0.39, 0.29) is 50.3 Å². The molecule has 4 aliphatic heterocycles. The van der Waals surface area contributed by atoms with Gasteiger partial charge in [0, 0.05) is 87.8 Å². The number of nitrogens with one attached hydrogen (secondary N) is 1. The summed E-state index contributed by atoms with van der Waals surface area (Å²) in [5.41, 5.74) is 9.23. The summed E-state index contributed by atoms with van der Waals surface area (Å²) in [5, 5.41) is 34.6. The van der Waals surface area contributed by atoms with Crippen molar-refractivity contribution >= 4 is 46.5 Å². The van der Waals surface area contributed by atoms with E-state index in [4.69, 9.17) is 34.0 Å². The Morgan fingerprint density at radius 2 is 1.01 bits per heavy atom. The van der Waals surface area contributed by atoms with Crippen LogP contribution in [0.5, 0.6) is 11.5 Å². The van der Waals surface area contributed by atoms with Gasteiger partial charge >= 0.3 is 19.2 Å². The van der Waals surface area contributed by atoms with E-state index in [0.717, 1.165) is 76.3 Å². The molecule has 20 heteroatoms. The fourth-order valence-corrected chi connectivity index (χ4v) is 9.26. The Balaban J connectivity index is 0.000000214. The van der Waals surface area contributed by atoms with Gasteiger partial charge in [-0.05, 0) is 149 Å². The molecule has 0 radical (unpaired) electrons. The number of anilines is 2. The van der Waals surface area contributed by atoms with Crippen LogP contribution in [0.1, 0.15) is 61.9 Å². The van der Waals surface area contributed by atoms with Crippen molar-refractivity contribution in [2.24, 2.45) is 17.6 Å². The number of aliphatic hydroxyl groups excluding tert-OH is 2. The van der Waals surface area contributed by atoms with Gasteiger partial charge in [-0.3, -0.25) is 9.59 Å². The monoisotopic (exact) mass is 1190 g/mol. The third kappa shape index (κ3) is 17.5. The van der Waals surface area contributed by atoms with Crippen molar-refractivity contribution in [3.8, 4) is 11.5 Å². The Hall–Kier alpha value is -4.19. The summed E-state index contributed by atoms with van der Waals surface area (Å²) >= 11 is 11.8. The maximum atomic E-state index is 13.2. The van der Waals surface area contributed by atoms with Crippen LogP contribution >= 0.6 is 23.2 Å². The minimum absolute atomic E-state index is 0. The zero-order valence-corrected chi connectivity index (χ0v) is 43.1. The van der Waals surface area contributed by atoms with Gasteiger partial charge in [-0.2, -0.15) is 17.6 Å².